The van der Waals surface area contributed by atoms with Crippen molar-refractivity contribution >= 4 is 75.4 Å². The molecule has 15 heteroatoms. The minimum Gasteiger partial charge on any atom is -0.388 e. The SMILES string of the molecule is Cn1cc(NC(=O)c2ccc(NC(=O)c3cc(NC(=O)c4cccc(N(CCCl)CCCl)c4)cn3C)cc2)cc1C(=O)NCCC(=N)N. The van der Waals surface area contributed by atoms with Gasteiger partial charge in [-0.05, 0) is 54.6 Å². The molecule has 252 valence electrons. The number of aryl methyl sites for hydroxylation is 2. The number of aromatic nitrogens is 2. The Kier molecular flexibility index (Phi) is 12.2. The molecule has 0 aliphatic carbocycles. The Morgan fingerprint density at radius 1 is 0.729 bits per heavy atom. The van der Waals surface area contributed by atoms with Crippen molar-refractivity contribution in [2.75, 3.05) is 52.2 Å². The molecule has 2 aromatic carbocycles. The van der Waals surface area contributed by atoms with Gasteiger partial charge in [-0.3, -0.25) is 24.6 Å². The number of nitrogens with two attached hydrogens (primary N) is 1. The summed E-state index contributed by atoms with van der Waals surface area (Å²) in [5.41, 5.74) is 8.91. The van der Waals surface area contributed by atoms with E-state index in [9.17, 15) is 19.2 Å². The number of halogens is 2. The molecule has 2 aromatic heterocycles. The maximum absolute atomic E-state index is 13.1. The Morgan fingerprint density at radius 3 is 1.83 bits per heavy atom. The zero-order chi connectivity index (χ0) is 34.8. The van der Waals surface area contributed by atoms with Crippen LogP contribution in [0.15, 0.2) is 73.1 Å². The maximum Gasteiger partial charge on any atom is 0.272 e. The summed E-state index contributed by atoms with van der Waals surface area (Å²) in [6.07, 6.45) is 3.49. The molecule has 48 heavy (non-hydrogen) atoms. The van der Waals surface area contributed by atoms with Crippen LogP contribution in [0.4, 0.5) is 22.7 Å². The molecule has 0 aliphatic rings. The number of anilines is 4. The zero-order valence-electron chi connectivity index (χ0n) is 26.5. The first-order chi connectivity index (χ1) is 23.0. The molecule has 4 aromatic rings. The van der Waals surface area contributed by atoms with Crippen molar-refractivity contribution in [1.29, 1.82) is 5.41 Å². The minimum atomic E-state index is -0.409. The number of hydrogen-bond acceptors (Lipinski definition) is 6. The second-order valence-corrected chi connectivity index (χ2v) is 11.6. The highest BCUT2D eigenvalue weighted by Crippen LogP contribution is 2.21. The van der Waals surface area contributed by atoms with Gasteiger partial charge in [0.15, 0.2) is 0 Å². The molecule has 7 N–H and O–H groups in total. The van der Waals surface area contributed by atoms with E-state index in [2.05, 4.69) is 21.3 Å². The lowest BCUT2D eigenvalue weighted by atomic mass is 10.1. The van der Waals surface area contributed by atoms with Crippen LogP contribution < -0.4 is 31.9 Å². The lowest BCUT2D eigenvalue weighted by Gasteiger charge is -2.23. The highest BCUT2D eigenvalue weighted by Gasteiger charge is 2.17. The molecule has 0 aliphatic heterocycles. The fraction of sp³-hybridized carbons (Fsp3) is 0.242. The fourth-order valence-electron chi connectivity index (χ4n) is 4.84. The van der Waals surface area contributed by atoms with Crippen molar-refractivity contribution in [2.24, 2.45) is 19.8 Å². The van der Waals surface area contributed by atoms with Gasteiger partial charge in [-0.2, -0.15) is 0 Å². The van der Waals surface area contributed by atoms with Gasteiger partial charge in [0.05, 0.1) is 17.2 Å². The van der Waals surface area contributed by atoms with Gasteiger partial charge in [-0.15, -0.1) is 23.2 Å². The van der Waals surface area contributed by atoms with Gasteiger partial charge < -0.3 is 41.0 Å². The van der Waals surface area contributed by atoms with Crippen LogP contribution in [0.3, 0.4) is 0 Å². The van der Waals surface area contributed by atoms with Gasteiger partial charge in [0.2, 0.25) is 0 Å². The predicted octanol–water partition coefficient (Wildman–Crippen LogP) is 4.46. The van der Waals surface area contributed by atoms with Crippen LogP contribution in [0.25, 0.3) is 0 Å². The Morgan fingerprint density at radius 2 is 1.27 bits per heavy atom. The highest BCUT2D eigenvalue weighted by molar-refractivity contribution is 6.18. The Bertz CT molecular complexity index is 1790. The summed E-state index contributed by atoms with van der Waals surface area (Å²) in [6.45, 7) is 1.41. The van der Waals surface area contributed by atoms with Crippen molar-refractivity contribution in [3.63, 3.8) is 0 Å². The van der Waals surface area contributed by atoms with Crippen molar-refractivity contribution in [3.8, 4) is 0 Å². The van der Waals surface area contributed by atoms with E-state index in [1.54, 1.807) is 90.2 Å². The molecule has 0 saturated heterocycles. The standard InChI is InChI=1S/C33H37Cl2N9O4/c1-42-19-24(17-27(42)32(47)38-13-10-29(36)37)40-30(45)21-6-8-23(9-7-21)39-33(48)28-18-25(20-43(28)2)41-31(46)22-4-3-5-26(16-22)44(14-11-34)15-12-35/h3-9,16-20H,10-15H2,1-2H3,(H3,36,37)(H,38,47)(H,39,48)(H,40,45)(H,41,46). The normalized spacial score (nSPS) is 10.7. The van der Waals surface area contributed by atoms with E-state index in [0.29, 0.717) is 64.4 Å². The first kappa shape index (κ1) is 35.6. The van der Waals surface area contributed by atoms with Crippen LogP contribution in [0, 0.1) is 5.41 Å². The van der Waals surface area contributed by atoms with Gasteiger partial charge in [-0.1, -0.05) is 6.07 Å². The molecule has 0 bridgehead atoms. The molecule has 13 nitrogen and oxygen atoms in total. The Balaban J connectivity index is 1.34. The lowest BCUT2D eigenvalue weighted by Crippen LogP contribution is -2.28. The Hall–Kier alpha value is -5.27. The second kappa shape index (κ2) is 16.5. The highest BCUT2D eigenvalue weighted by atomic mass is 35.5. The number of benzene rings is 2. The number of hydrogen-bond donors (Lipinski definition) is 6. The van der Waals surface area contributed by atoms with Gasteiger partial charge in [-0.25, -0.2) is 0 Å². The van der Waals surface area contributed by atoms with Crippen LogP contribution in [-0.2, 0) is 14.1 Å². The number of rotatable bonds is 15. The maximum atomic E-state index is 13.1. The van der Waals surface area contributed by atoms with Crippen molar-refractivity contribution in [1.82, 2.24) is 14.5 Å². The Labute approximate surface area is 287 Å². The van der Waals surface area contributed by atoms with Crippen LogP contribution in [0.5, 0.6) is 0 Å². The number of amides is 4. The van der Waals surface area contributed by atoms with Crippen molar-refractivity contribution < 1.29 is 19.2 Å². The van der Waals surface area contributed by atoms with Crippen LogP contribution in [-0.4, -0.2) is 70.0 Å². The lowest BCUT2D eigenvalue weighted by molar-refractivity contribution is 0.0944. The number of carbonyl (C=O) groups excluding carboxylic acids is 4. The molecular formula is C33H37Cl2N9O4. The van der Waals surface area contributed by atoms with Crippen LogP contribution >= 0.6 is 23.2 Å². The second-order valence-electron chi connectivity index (χ2n) is 10.8. The number of nitrogens with one attached hydrogen (secondary N) is 5. The topological polar surface area (TPSA) is 179 Å². The quantitative estimate of drug-likeness (QED) is 0.0608. The van der Waals surface area contributed by atoms with E-state index in [4.69, 9.17) is 34.3 Å². The van der Waals surface area contributed by atoms with E-state index in [1.807, 2.05) is 11.0 Å². The molecule has 2 heterocycles. The monoisotopic (exact) mass is 693 g/mol. The van der Waals surface area contributed by atoms with E-state index in [1.165, 1.54) is 0 Å². The summed E-state index contributed by atoms with van der Waals surface area (Å²) >= 11 is 11.9. The van der Waals surface area contributed by atoms with Crippen LogP contribution in [0.1, 0.15) is 48.1 Å². The summed E-state index contributed by atoms with van der Waals surface area (Å²) in [6, 6.07) is 16.6. The van der Waals surface area contributed by atoms with Crippen LogP contribution in [0.2, 0.25) is 0 Å². The number of amidine groups is 1. The average molecular weight is 695 g/mol. The average Bonchev–Trinajstić information content (AvgIpc) is 3.61. The summed E-state index contributed by atoms with van der Waals surface area (Å²) in [7, 11) is 3.37. The van der Waals surface area contributed by atoms with Gasteiger partial charge in [0.25, 0.3) is 23.6 Å². The molecule has 0 spiro atoms. The molecular weight excluding hydrogens is 657 g/mol. The smallest absolute Gasteiger partial charge is 0.272 e. The summed E-state index contributed by atoms with van der Waals surface area (Å²) in [4.78, 5) is 53.4. The molecule has 0 fully saturated rings. The van der Waals surface area contributed by atoms with Gasteiger partial charge in [0, 0.05) is 86.8 Å². The third-order valence-corrected chi connectivity index (χ3v) is 7.60. The zero-order valence-corrected chi connectivity index (χ0v) is 28.0. The van der Waals surface area contributed by atoms with Crippen molar-refractivity contribution in [3.05, 3.63) is 95.6 Å². The first-order valence-electron chi connectivity index (χ1n) is 14.9. The van der Waals surface area contributed by atoms with E-state index >= 15 is 0 Å². The summed E-state index contributed by atoms with van der Waals surface area (Å²) in [5.74, 6) is -0.681. The first-order valence-corrected chi connectivity index (χ1v) is 16.0. The number of alkyl halides is 2. The number of nitrogens with zero attached hydrogens (tertiary/aromatic N) is 3. The molecule has 4 rings (SSSR count). The molecule has 0 unspecified atom stereocenters. The van der Waals surface area contributed by atoms with Crippen molar-refractivity contribution in [2.45, 2.75) is 6.42 Å². The predicted molar refractivity (Wildman–Crippen MR) is 190 cm³/mol. The molecule has 4 amide bonds. The molecule has 0 saturated carbocycles. The molecule has 0 atom stereocenters. The third kappa shape index (κ3) is 9.39. The third-order valence-electron chi connectivity index (χ3n) is 7.26. The number of carbonyl (C=O) groups is 4. The largest absolute Gasteiger partial charge is 0.388 e. The van der Waals surface area contributed by atoms with E-state index in [0.717, 1.165) is 5.69 Å². The summed E-state index contributed by atoms with van der Waals surface area (Å²) in [5, 5.41) is 18.3. The molecule has 0 radical (unpaired) electrons. The summed E-state index contributed by atoms with van der Waals surface area (Å²) < 4.78 is 3.18. The fourth-order valence-corrected chi connectivity index (χ4v) is 5.25. The van der Waals surface area contributed by atoms with Gasteiger partial charge in [0.1, 0.15) is 11.4 Å². The van der Waals surface area contributed by atoms with Gasteiger partial charge >= 0.3 is 0 Å². The van der Waals surface area contributed by atoms with E-state index in [-0.39, 0.29) is 30.6 Å². The van der Waals surface area contributed by atoms with E-state index < -0.39 is 11.8 Å². The minimum absolute atomic E-state index is 0.0244.